The molecule has 224 valence electrons. The molecule has 0 spiro atoms. The number of pyridine rings is 1. The normalized spacial score (nSPS) is 14.9. The lowest BCUT2D eigenvalue weighted by molar-refractivity contribution is 0.101. The summed E-state index contributed by atoms with van der Waals surface area (Å²) in [7, 11) is 0. The summed E-state index contributed by atoms with van der Waals surface area (Å²) < 4.78 is 21.5. The number of halogens is 1. The summed E-state index contributed by atoms with van der Waals surface area (Å²) >= 11 is 0. The molecule has 0 bridgehead atoms. The van der Waals surface area contributed by atoms with Crippen LogP contribution in [0.1, 0.15) is 71.6 Å². The number of benzene rings is 2. The molecule has 0 aliphatic heterocycles. The predicted molar refractivity (Wildman–Crippen MR) is 161 cm³/mol. The lowest BCUT2D eigenvalue weighted by Crippen LogP contribution is -2.38. The first-order valence-electron chi connectivity index (χ1n) is 14.3. The van der Waals surface area contributed by atoms with Gasteiger partial charge in [0.2, 0.25) is 0 Å². The molecule has 0 radical (unpaired) electrons. The molecule has 2 amide bonds. The van der Waals surface area contributed by atoms with Gasteiger partial charge < -0.3 is 26.8 Å². The number of alkyl carbamates (subject to hydrolysis) is 1. The van der Waals surface area contributed by atoms with Crippen LogP contribution in [0.25, 0.3) is 5.69 Å². The highest BCUT2D eigenvalue weighted by atomic mass is 19.1. The van der Waals surface area contributed by atoms with Crippen molar-refractivity contribution in [2.75, 3.05) is 11.9 Å². The van der Waals surface area contributed by atoms with E-state index in [0.717, 1.165) is 12.0 Å². The Morgan fingerprint density at radius 3 is 2.67 bits per heavy atom. The van der Waals surface area contributed by atoms with E-state index in [2.05, 4.69) is 20.7 Å². The Kier molecular flexibility index (Phi) is 8.84. The van der Waals surface area contributed by atoms with Crippen LogP contribution in [0.5, 0.6) is 0 Å². The van der Waals surface area contributed by atoms with Gasteiger partial charge in [-0.05, 0) is 85.7 Å². The van der Waals surface area contributed by atoms with Crippen LogP contribution in [-0.4, -0.2) is 33.4 Å². The molecule has 1 aliphatic rings. The first-order valence-corrected chi connectivity index (χ1v) is 14.3. The number of carbonyl (C=O) groups excluding carboxylic acids is 2. The molecule has 2 atom stereocenters. The van der Waals surface area contributed by atoms with E-state index >= 15 is 4.39 Å². The first-order chi connectivity index (χ1) is 20.7. The fourth-order valence-corrected chi connectivity index (χ4v) is 5.10. The number of aromatic nitrogens is 3. The minimum atomic E-state index is -0.904. The zero-order chi connectivity index (χ0) is 30.6. The van der Waals surface area contributed by atoms with Crippen molar-refractivity contribution in [3.8, 4) is 5.69 Å². The number of amides is 2. The summed E-state index contributed by atoms with van der Waals surface area (Å²) in [5, 5.41) is 9.76. The standard InChI is InChI=1S/C32H36FN7O3/c1-3-43-31(42)38-29(34)22-6-4-8-25(17-22)40-28(16-20(2)39-40)30(41)37-27-18-23(11-12-26(27)33)32(35,14-13-21-9-10-21)24-7-5-15-36-19-24/h4-8,11-12,15-19,21,29H,3,9-10,13-14,34-35H2,1-2H3,(H,37,41)(H,38,42). The summed E-state index contributed by atoms with van der Waals surface area (Å²) in [4.78, 5) is 29.7. The van der Waals surface area contributed by atoms with Crippen LogP contribution in [0.15, 0.2) is 73.1 Å². The van der Waals surface area contributed by atoms with Crippen LogP contribution in [0, 0.1) is 18.7 Å². The Labute approximate surface area is 249 Å². The number of aryl methyl sites for hydroxylation is 1. The minimum absolute atomic E-state index is 0.00690. The number of hydrogen-bond donors (Lipinski definition) is 4. The molecule has 4 aromatic rings. The van der Waals surface area contributed by atoms with Gasteiger partial charge in [-0.3, -0.25) is 9.78 Å². The van der Waals surface area contributed by atoms with Crippen LogP contribution < -0.4 is 22.1 Å². The third-order valence-corrected chi connectivity index (χ3v) is 7.64. The van der Waals surface area contributed by atoms with Crippen LogP contribution in [0.3, 0.4) is 0 Å². The predicted octanol–water partition coefficient (Wildman–Crippen LogP) is 5.06. The minimum Gasteiger partial charge on any atom is -0.450 e. The molecule has 10 nitrogen and oxygen atoms in total. The van der Waals surface area contributed by atoms with E-state index in [9.17, 15) is 9.59 Å². The largest absolute Gasteiger partial charge is 0.450 e. The van der Waals surface area contributed by atoms with E-state index in [1.807, 2.05) is 12.1 Å². The van der Waals surface area contributed by atoms with Crippen molar-refractivity contribution in [3.05, 3.63) is 107 Å². The molecular weight excluding hydrogens is 549 g/mol. The quantitative estimate of drug-likeness (QED) is 0.180. The zero-order valence-corrected chi connectivity index (χ0v) is 24.2. The second-order valence-electron chi connectivity index (χ2n) is 10.9. The average molecular weight is 586 g/mol. The van der Waals surface area contributed by atoms with Crippen molar-refractivity contribution < 1.29 is 18.7 Å². The zero-order valence-electron chi connectivity index (χ0n) is 24.2. The number of anilines is 1. The van der Waals surface area contributed by atoms with Crippen molar-refractivity contribution in [1.82, 2.24) is 20.1 Å². The van der Waals surface area contributed by atoms with Gasteiger partial charge >= 0.3 is 6.09 Å². The van der Waals surface area contributed by atoms with Gasteiger partial charge in [-0.25, -0.2) is 13.9 Å². The van der Waals surface area contributed by atoms with Crippen molar-refractivity contribution in [2.24, 2.45) is 17.4 Å². The molecule has 5 rings (SSSR count). The van der Waals surface area contributed by atoms with E-state index in [4.69, 9.17) is 16.2 Å². The maximum Gasteiger partial charge on any atom is 0.408 e. The summed E-state index contributed by atoms with van der Waals surface area (Å²) in [5.74, 6) is -0.497. The van der Waals surface area contributed by atoms with Crippen molar-refractivity contribution in [3.63, 3.8) is 0 Å². The highest BCUT2D eigenvalue weighted by Gasteiger charge is 2.34. The molecule has 1 aliphatic carbocycles. The van der Waals surface area contributed by atoms with Gasteiger partial charge in [-0.1, -0.05) is 37.1 Å². The Balaban J connectivity index is 1.42. The summed E-state index contributed by atoms with van der Waals surface area (Å²) in [6.45, 7) is 3.66. The van der Waals surface area contributed by atoms with Gasteiger partial charge in [0.05, 0.1) is 29.2 Å². The Morgan fingerprint density at radius 1 is 1.14 bits per heavy atom. The highest BCUT2D eigenvalue weighted by Crippen LogP contribution is 2.40. The van der Waals surface area contributed by atoms with Crippen molar-refractivity contribution in [2.45, 2.75) is 51.2 Å². The molecule has 2 heterocycles. The Hall–Kier alpha value is -4.61. The van der Waals surface area contributed by atoms with Crippen LogP contribution >= 0.6 is 0 Å². The van der Waals surface area contributed by atoms with Gasteiger partial charge in [0, 0.05) is 12.4 Å². The van der Waals surface area contributed by atoms with E-state index < -0.39 is 29.5 Å². The Morgan fingerprint density at radius 2 is 1.95 bits per heavy atom. The third-order valence-electron chi connectivity index (χ3n) is 7.64. The van der Waals surface area contributed by atoms with Crippen LogP contribution in [0.2, 0.25) is 0 Å². The van der Waals surface area contributed by atoms with E-state index in [0.29, 0.717) is 34.8 Å². The lowest BCUT2D eigenvalue weighted by Gasteiger charge is -2.31. The summed E-state index contributed by atoms with van der Waals surface area (Å²) in [6, 6.07) is 16.9. The summed E-state index contributed by atoms with van der Waals surface area (Å²) in [5.41, 5.74) is 15.7. The maximum atomic E-state index is 15.1. The van der Waals surface area contributed by atoms with Gasteiger partial charge in [-0.2, -0.15) is 5.10 Å². The highest BCUT2D eigenvalue weighted by molar-refractivity contribution is 6.03. The van der Waals surface area contributed by atoms with Crippen LogP contribution in [-0.2, 0) is 10.3 Å². The van der Waals surface area contributed by atoms with Gasteiger partial charge in [0.15, 0.2) is 0 Å². The van der Waals surface area contributed by atoms with Crippen molar-refractivity contribution in [1.29, 1.82) is 0 Å². The molecular formula is C32H36FN7O3. The third kappa shape index (κ3) is 6.90. The molecule has 2 aromatic heterocycles. The number of ether oxygens (including phenoxy) is 1. The van der Waals surface area contributed by atoms with E-state index in [1.165, 1.54) is 23.6 Å². The average Bonchev–Trinajstić information content (AvgIpc) is 3.76. The monoisotopic (exact) mass is 585 g/mol. The second kappa shape index (κ2) is 12.7. The molecule has 2 unspecified atom stereocenters. The molecule has 6 N–H and O–H groups in total. The number of nitrogens with one attached hydrogen (secondary N) is 2. The molecule has 11 heteroatoms. The molecule has 1 fully saturated rings. The number of rotatable bonds is 11. The van der Waals surface area contributed by atoms with Gasteiger partial charge in [0.1, 0.15) is 17.7 Å². The molecule has 1 saturated carbocycles. The topological polar surface area (TPSA) is 150 Å². The first kappa shape index (κ1) is 29.9. The summed E-state index contributed by atoms with van der Waals surface area (Å²) in [6.07, 6.45) is 5.93. The van der Waals surface area contributed by atoms with E-state index in [1.54, 1.807) is 68.7 Å². The lowest BCUT2D eigenvalue weighted by atomic mass is 9.80. The van der Waals surface area contributed by atoms with Crippen LogP contribution in [0.4, 0.5) is 14.9 Å². The second-order valence-corrected chi connectivity index (χ2v) is 10.9. The number of hydrogen-bond acceptors (Lipinski definition) is 7. The smallest absolute Gasteiger partial charge is 0.408 e. The van der Waals surface area contributed by atoms with E-state index in [-0.39, 0.29) is 18.0 Å². The number of nitrogens with two attached hydrogens (primary N) is 2. The van der Waals surface area contributed by atoms with Crippen molar-refractivity contribution >= 4 is 17.7 Å². The van der Waals surface area contributed by atoms with Gasteiger partial charge in [0.25, 0.3) is 5.91 Å². The maximum absolute atomic E-state index is 15.1. The fraction of sp³-hybridized carbons (Fsp3) is 0.312. The molecule has 2 aromatic carbocycles. The Bertz CT molecular complexity index is 1610. The number of nitrogens with zero attached hydrogens (tertiary/aromatic N) is 3. The number of carbonyl (C=O) groups is 2. The van der Waals surface area contributed by atoms with Gasteiger partial charge in [-0.15, -0.1) is 0 Å². The molecule has 43 heavy (non-hydrogen) atoms. The fourth-order valence-electron chi connectivity index (χ4n) is 5.10. The SMILES string of the molecule is CCOC(=O)NC(N)c1cccc(-n2nc(C)cc2C(=O)Nc2cc(C(N)(CCC3CC3)c3cccnc3)ccc2F)c1. The molecule has 0 saturated heterocycles.